The van der Waals surface area contributed by atoms with Crippen molar-refractivity contribution in [2.24, 2.45) is 0 Å². The molecule has 0 aromatic heterocycles. The van der Waals surface area contributed by atoms with E-state index in [4.69, 9.17) is 21.1 Å². The molecule has 182 valence electrons. The van der Waals surface area contributed by atoms with Crippen molar-refractivity contribution < 1.29 is 23.8 Å². The molecular formula is C28H27ClFNO4. The van der Waals surface area contributed by atoms with Gasteiger partial charge in [0.15, 0.2) is 11.5 Å². The van der Waals surface area contributed by atoms with Crippen LogP contribution >= 0.6 is 11.6 Å². The van der Waals surface area contributed by atoms with E-state index in [1.807, 2.05) is 30.3 Å². The molecule has 3 aromatic carbocycles. The van der Waals surface area contributed by atoms with E-state index in [0.717, 1.165) is 11.1 Å². The molecule has 0 saturated heterocycles. The number of ether oxygens (including phenoxy) is 2. The average molecular weight is 496 g/mol. The van der Waals surface area contributed by atoms with Crippen LogP contribution in [0.5, 0.6) is 11.5 Å². The zero-order valence-corrected chi connectivity index (χ0v) is 20.6. The summed E-state index contributed by atoms with van der Waals surface area (Å²) in [5.74, 6) is -0.138. The lowest BCUT2D eigenvalue weighted by atomic mass is 9.79. The van der Waals surface area contributed by atoms with Crippen LogP contribution in [0.2, 0.25) is 5.02 Å². The van der Waals surface area contributed by atoms with Crippen LogP contribution in [0.4, 0.5) is 10.1 Å². The number of hydrogen-bond acceptors (Lipinski definition) is 4. The van der Waals surface area contributed by atoms with Crippen molar-refractivity contribution in [2.75, 3.05) is 24.7 Å². The van der Waals surface area contributed by atoms with Gasteiger partial charge in [-0.25, -0.2) is 4.39 Å². The van der Waals surface area contributed by atoms with Crippen molar-refractivity contribution >= 4 is 23.2 Å². The zero-order chi connectivity index (χ0) is 24.9. The number of anilines is 1. The minimum Gasteiger partial charge on any atom is -0.486 e. The van der Waals surface area contributed by atoms with Gasteiger partial charge in [-0.05, 0) is 58.5 Å². The predicted octanol–water partition coefficient (Wildman–Crippen LogP) is 6.03. The van der Waals surface area contributed by atoms with E-state index in [0.29, 0.717) is 41.0 Å². The Balaban J connectivity index is 1.70. The number of amides is 1. The number of hydrogen-bond donors (Lipinski definition) is 1. The molecule has 2 aliphatic rings. The largest absolute Gasteiger partial charge is 0.486 e. The van der Waals surface area contributed by atoms with Crippen molar-refractivity contribution in [2.45, 2.75) is 38.1 Å². The number of nitrogens with zero attached hydrogens (tertiary/aromatic N) is 1. The highest BCUT2D eigenvalue weighted by atomic mass is 35.5. The summed E-state index contributed by atoms with van der Waals surface area (Å²) in [6.45, 7) is 6.86. The van der Waals surface area contributed by atoms with E-state index >= 15 is 0 Å². The Morgan fingerprint density at radius 3 is 2.46 bits per heavy atom. The molecule has 5 rings (SSSR count). The molecule has 2 heterocycles. The minimum absolute atomic E-state index is 0.180. The number of aliphatic hydroxyl groups excluding tert-OH is 1. The fraction of sp³-hybridized carbons (Fsp3) is 0.321. The number of carbonyl (C=O) groups excluding carboxylic acids is 1. The Kier molecular flexibility index (Phi) is 5.98. The summed E-state index contributed by atoms with van der Waals surface area (Å²) >= 11 is 6.68. The maximum atomic E-state index is 14.2. The molecule has 35 heavy (non-hydrogen) atoms. The van der Waals surface area contributed by atoms with Gasteiger partial charge in [-0.2, -0.15) is 0 Å². The van der Waals surface area contributed by atoms with Crippen LogP contribution in [0.1, 0.15) is 59.8 Å². The molecule has 1 amide bonds. The molecule has 1 N–H and O–H groups in total. The lowest BCUT2D eigenvalue weighted by molar-refractivity contribution is 0.0949. The van der Waals surface area contributed by atoms with E-state index < -0.39 is 17.8 Å². The van der Waals surface area contributed by atoms with Gasteiger partial charge in [-0.3, -0.25) is 4.79 Å². The molecule has 7 heteroatoms. The summed E-state index contributed by atoms with van der Waals surface area (Å²) in [6.07, 6.45) is 0. The molecule has 3 aromatic rings. The van der Waals surface area contributed by atoms with E-state index in [1.54, 1.807) is 17.0 Å². The summed E-state index contributed by atoms with van der Waals surface area (Å²) < 4.78 is 25.7. The molecule has 5 nitrogen and oxygen atoms in total. The summed E-state index contributed by atoms with van der Waals surface area (Å²) in [5, 5.41) is 11.1. The van der Waals surface area contributed by atoms with Crippen molar-refractivity contribution in [1.29, 1.82) is 0 Å². The van der Waals surface area contributed by atoms with E-state index in [-0.39, 0.29) is 23.5 Å². The maximum absolute atomic E-state index is 14.2. The third-order valence-corrected chi connectivity index (χ3v) is 6.98. The fourth-order valence-electron chi connectivity index (χ4n) is 5.01. The maximum Gasteiger partial charge on any atom is 0.259 e. The van der Waals surface area contributed by atoms with Crippen molar-refractivity contribution in [1.82, 2.24) is 0 Å². The molecule has 0 radical (unpaired) electrons. The molecule has 2 unspecified atom stereocenters. The van der Waals surface area contributed by atoms with Gasteiger partial charge in [0.25, 0.3) is 5.91 Å². The lowest BCUT2D eigenvalue weighted by Gasteiger charge is -2.42. The van der Waals surface area contributed by atoms with Crippen LogP contribution in [0.15, 0.2) is 54.6 Å². The number of benzene rings is 3. The molecule has 0 fully saturated rings. The Morgan fingerprint density at radius 2 is 1.77 bits per heavy atom. The second-order valence-corrected chi connectivity index (χ2v) is 10.4. The number of fused-ring (bicyclic) bond motifs is 2. The van der Waals surface area contributed by atoms with E-state index in [9.17, 15) is 14.3 Å². The Labute approximate surface area is 209 Å². The third-order valence-electron chi connectivity index (χ3n) is 6.67. The Morgan fingerprint density at radius 1 is 1.03 bits per heavy atom. The SMILES string of the molecule is CC(C)(C)c1ccc(N2C(=O)c3cc(F)ccc3C(CO)C2c2ccc3c(c2)OCCO3)cc1Cl. The van der Waals surface area contributed by atoms with Crippen LogP contribution in [0.25, 0.3) is 0 Å². The average Bonchev–Trinajstić information content (AvgIpc) is 2.83. The normalized spacial score (nSPS) is 19.5. The van der Waals surface area contributed by atoms with Gasteiger partial charge in [-0.15, -0.1) is 0 Å². The number of carbonyl (C=O) groups is 1. The van der Waals surface area contributed by atoms with Crippen LogP contribution in [-0.2, 0) is 5.41 Å². The lowest BCUT2D eigenvalue weighted by Crippen LogP contribution is -2.44. The van der Waals surface area contributed by atoms with Gasteiger partial charge in [0.05, 0.1) is 12.6 Å². The molecule has 0 bridgehead atoms. The zero-order valence-electron chi connectivity index (χ0n) is 19.8. The minimum atomic E-state index is -0.571. The molecule has 0 aliphatic carbocycles. The van der Waals surface area contributed by atoms with Crippen molar-refractivity contribution in [3.8, 4) is 11.5 Å². The first-order chi connectivity index (χ1) is 16.7. The van der Waals surface area contributed by atoms with Gasteiger partial charge in [-0.1, -0.05) is 50.6 Å². The molecule has 2 aliphatic heterocycles. The third kappa shape index (κ3) is 4.15. The second kappa shape index (κ2) is 8.85. The first-order valence-corrected chi connectivity index (χ1v) is 12.0. The van der Waals surface area contributed by atoms with Gasteiger partial charge in [0.2, 0.25) is 0 Å². The van der Waals surface area contributed by atoms with Gasteiger partial charge in [0, 0.05) is 22.2 Å². The molecular weight excluding hydrogens is 469 g/mol. The number of rotatable bonds is 3. The quantitative estimate of drug-likeness (QED) is 0.482. The van der Waals surface area contributed by atoms with Gasteiger partial charge < -0.3 is 19.5 Å². The van der Waals surface area contributed by atoms with Gasteiger partial charge >= 0.3 is 0 Å². The summed E-state index contributed by atoms with van der Waals surface area (Å²) in [5.41, 5.74) is 2.95. The highest BCUT2D eigenvalue weighted by molar-refractivity contribution is 6.32. The van der Waals surface area contributed by atoms with E-state index in [1.165, 1.54) is 12.1 Å². The molecule has 0 spiro atoms. The Bertz CT molecular complexity index is 1300. The van der Waals surface area contributed by atoms with Gasteiger partial charge in [0.1, 0.15) is 19.0 Å². The predicted molar refractivity (Wildman–Crippen MR) is 133 cm³/mol. The van der Waals surface area contributed by atoms with Crippen LogP contribution in [0.3, 0.4) is 0 Å². The summed E-state index contributed by atoms with van der Waals surface area (Å²) in [4.78, 5) is 15.5. The molecule has 2 atom stereocenters. The Hall–Kier alpha value is -3.09. The van der Waals surface area contributed by atoms with Crippen LogP contribution < -0.4 is 14.4 Å². The second-order valence-electron chi connectivity index (χ2n) is 9.96. The highest BCUT2D eigenvalue weighted by Crippen LogP contribution is 2.47. The first-order valence-electron chi connectivity index (χ1n) is 11.6. The fourth-order valence-corrected chi connectivity index (χ4v) is 5.46. The summed E-state index contributed by atoms with van der Waals surface area (Å²) in [7, 11) is 0. The van der Waals surface area contributed by atoms with E-state index in [2.05, 4.69) is 20.8 Å². The summed E-state index contributed by atoms with van der Waals surface area (Å²) in [6, 6.07) is 14.6. The van der Waals surface area contributed by atoms with Crippen LogP contribution in [0, 0.1) is 5.82 Å². The number of aliphatic hydroxyl groups is 1. The van der Waals surface area contributed by atoms with Crippen molar-refractivity contribution in [3.63, 3.8) is 0 Å². The topological polar surface area (TPSA) is 59.0 Å². The smallest absolute Gasteiger partial charge is 0.259 e. The van der Waals surface area contributed by atoms with Crippen LogP contribution in [-0.4, -0.2) is 30.8 Å². The standard InChI is InChI=1S/C28H27ClFNO4/c1-28(2,3)22-8-6-18(14-23(22)29)31-26(16-4-9-24-25(12-16)35-11-10-34-24)21(15-32)19-7-5-17(30)13-20(19)27(31)33/h4-9,12-14,21,26,32H,10-11,15H2,1-3H3. The molecule has 0 saturated carbocycles. The number of halogens is 2. The highest BCUT2D eigenvalue weighted by Gasteiger charge is 2.42. The first kappa shape index (κ1) is 23.6. The monoisotopic (exact) mass is 495 g/mol. The van der Waals surface area contributed by atoms with Crippen molar-refractivity contribution in [3.05, 3.63) is 87.7 Å².